The lowest BCUT2D eigenvalue weighted by Gasteiger charge is -2.28. The quantitative estimate of drug-likeness (QED) is 0.856. The molecule has 1 aromatic carbocycles. The molecule has 3 rings (SSSR count). The summed E-state index contributed by atoms with van der Waals surface area (Å²) in [7, 11) is 0. The van der Waals surface area contributed by atoms with Crippen molar-refractivity contribution in [3.8, 4) is 5.75 Å². The Hall–Kier alpha value is -2.08. The molecule has 2 atom stereocenters. The van der Waals surface area contributed by atoms with E-state index in [4.69, 9.17) is 4.74 Å². The Morgan fingerprint density at radius 2 is 1.88 bits per heavy atom. The lowest BCUT2D eigenvalue weighted by Crippen LogP contribution is -2.44. The highest BCUT2D eigenvalue weighted by atomic mass is 16.5. The molecule has 0 aromatic heterocycles. The number of rotatable bonds is 6. The molecule has 6 nitrogen and oxygen atoms in total. The molecule has 2 heterocycles. The SMILES string of the molecule is CCOc1ccc(C2CCCN2C(=O)CN2CCCC2C(=O)O)cc1. The molecule has 0 aliphatic carbocycles. The van der Waals surface area contributed by atoms with Crippen LogP contribution in [0.4, 0.5) is 0 Å². The molecular weight excluding hydrogens is 320 g/mol. The van der Waals surface area contributed by atoms with E-state index in [1.54, 1.807) is 4.90 Å². The number of nitrogens with zero attached hydrogens (tertiary/aromatic N) is 2. The van der Waals surface area contributed by atoms with Crippen molar-refractivity contribution in [3.05, 3.63) is 29.8 Å². The summed E-state index contributed by atoms with van der Waals surface area (Å²) in [4.78, 5) is 27.8. The molecule has 136 valence electrons. The molecule has 1 N–H and O–H groups in total. The van der Waals surface area contributed by atoms with Crippen molar-refractivity contribution in [1.29, 1.82) is 0 Å². The molecule has 1 aromatic rings. The van der Waals surface area contributed by atoms with Crippen molar-refractivity contribution in [1.82, 2.24) is 9.80 Å². The molecule has 1 amide bonds. The molecule has 0 bridgehead atoms. The minimum atomic E-state index is -0.824. The second kappa shape index (κ2) is 7.87. The van der Waals surface area contributed by atoms with Crippen molar-refractivity contribution >= 4 is 11.9 Å². The number of carboxylic acids is 1. The highest BCUT2D eigenvalue weighted by molar-refractivity contribution is 5.81. The van der Waals surface area contributed by atoms with Crippen LogP contribution in [0, 0.1) is 0 Å². The van der Waals surface area contributed by atoms with Crippen LogP contribution in [0.15, 0.2) is 24.3 Å². The van der Waals surface area contributed by atoms with Gasteiger partial charge >= 0.3 is 5.97 Å². The molecule has 2 aliphatic rings. The maximum absolute atomic E-state index is 12.8. The number of carboxylic acid groups (broad SMARTS) is 1. The molecule has 25 heavy (non-hydrogen) atoms. The normalized spacial score (nSPS) is 23.8. The first kappa shape index (κ1) is 17.7. The highest BCUT2D eigenvalue weighted by Gasteiger charge is 2.35. The van der Waals surface area contributed by atoms with Gasteiger partial charge in [0.2, 0.25) is 5.91 Å². The van der Waals surface area contributed by atoms with Gasteiger partial charge in [0.1, 0.15) is 11.8 Å². The molecule has 0 radical (unpaired) electrons. The van der Waals surface area contributed by atoms with Gasteiger partial charge in [0.25, 0.3) is 0 Å². The Morgan fingerprint density at radius 1 is 1.16 bits per heavy atom. The maximum atomic E-state index is 12.8. The average Bonchev–Trinajstić information content (AvgIpc) is 3.25. The Kier molecular flexibility index (Phi) is 5.58. The van der Waals surface area contributed by atoms with E-state index in [0.29, 0.717) is 19.6 Å². The van der Waals surface area contributed by atoms with Crippen LogP contribution < -0.4 is 4.74 Å². The number of hydrogen-bond acceptors (Lipinski definition) is 4. The summed E-state index contributed by atoms with van der Waals surface area (Å²) in [5.41, 5.74) is 1.12. The summed E-state index contributed by atoms with van der Waals surface area (Å²) in [6, 6.07) is 7.50. The molecule has 2 aliphatic heterocycles. The smallest absolute Gasteiger partial charge is 0.320 e. The predicted molar refractivity (Wildman–Crippen MR) is 93.5 cm³/mol. The first-order valence-electron chi connectivity index (χ1n) is 9.09. The third kappa shape index (κ3) is 3.95. The molecule has 0 spiro atoms. The summed E-state index contributed by atoms with van der Waals surface area (Å²) in [6.45, 7) is 4.21. The van der Waals surface area contributed by atoms with Gasteiger partial charge in [0, 0.05) is 6.54 Å². The van der Waals surface area contributed by atoms with Gasteiger partial charge in [-0.3, -0.25) is 14.5 Å². The molecule has 2 unspecified atom stereocenters. The molecule has 6 heteroatoms. The van der Waals surface area contributed by atoms with E-state index in [1.807, 2.05) is 36.1 Å². The van der Waals surface area contributed by atoms with Gasteiger partial charge in [0.15, 0.2) is 0 Å². The third-order valence-corrected chi connectivity index (χ3v) is 5.14. The third-order valence-electron chi connectivity index (χ3n) is 5.14. The zero-order chi connectivity index (χ0) is 17.8. The summed E-state index contributed by atoms with van der Waals surface area (Å²) < 4.78 is 5.48. The standard InChI is InChI=1S/C19H26N2O4/c1-2-25-15-9-7-14(8-10-15)16-5-4-12-21(16)18(22)13-20-11-3-6-17(20)19(23)24/h7-10,16-17H,2-6,11-13H2,1H3,(H,23,24). The summed E-state index contributed by atoms with van der Waals surface area (Å²) in [5.74, 6) is 0.0443. The lowest BCUT2D eigenvalue weighted by atomic mass is 10.0. The van der Waals surface area contributed by atoms with Gasteiger partial charge in [-0.05, 0) is 56.8 Å². The summed E-state index contributed by atoms with van der Waals surface area (Å²) >= 11 is 0. The van der Waals surface area contributed by atoms with E-state index in [2.05, 4.69) is 0 Å². The predicted octanol–water partition coefficient (Wildman–Crippen LogP) is 2.30. The fraction of sp³-hybridized carbons (Fsp3) is 0.579. The lowest BCUT2D eigenvalue weighted by molar-refractivity contribution is -0.143. The number of aliphatic carboxylic acids is 1. The minimum absolute atomic E-state index is 0.0320. The van der Waals surface area contributed by atoms with Crippen LogP contribution >= 0.6 is 0 Å². The van der Waals surface area contributed by atoms with Crippen LogP contribution in [0.25, 0.3) is 0 Å². The molecular formula is C19H26N2O4. The zero-order valence-corrected chi connectivity index (χ0v) is 14.7. The van der Waals surface area contributed by atoms with Gasteiger partial charge in [-0.2, -0.15) is 0 Å². The number of carbonyl (C=O) groups is 2. The van der Waals surface area contributed by atoms with Gasteiger partial charge in [-0.1, -0.05) is 12.1 Å². The Balaban J connectivity index is 1.66. The van der Waals surface area contributed by atoms with Gasteiger partial charge < -0.3 is 14.7 Å². The maximum Gasteiger partial charge on any atom is 0.320 e. The average molecular weight is 346 g/mol. The largest absolute Gasteiger partial charge is 0.494 e. The van der Waals surface area contributed by atoms with Crippen molar-refractivity contribution < 1.29 is 19.4 Å². The van der Waals surface area contributed by atoms with Gasteiger partial charge in [-0.15, -0.1) is 0 Å². The topological polar surface area (TPSA) is 70.1 Å². The van der Waals surface area contributed by atoms with Crippen LogP contribution in [0.2, 0.25) is 0 Å². The van der Waals surface area contributed by atoms with Crippen LogP contribution in [0.3, 0.4) is 0 Å². The summed E-state index contributed by atoms with van der Waals surface area (Å²) in [5, 5.41) is 9.28. The van der Waals surface area contributed by atoms with Gasteiger partial charge in [0.05, 0.1) is 19.2 Å². The van der Waals surface area contributed by atoms with Crippen molar-refractivity contribution in [2.75, 3.05) is 26.2 Å². The number of ether oxygens (including phenoxy) is 1. The van der Waals surface area contributed by atoms with E-state index >= 15 is 0 Å². The Morgan fingerprint density at radius 3 is 2.56 bits per heavy atom. The molecule has 2 fully saturated rings. The van der Waals surface area contributed by atoms with Crippen molar-refractivity contribution in [2.45, 2.75) is 44.7 Å². The summed E-state index contributed by atoms with van der Waals surface area (Å²) in [6.07, 6.45) is 3.39. The van der Waals surface area contributed by atoms with Crippen molar-refractivity contribution in [3.63, 3.8) is 0 Å². The van der Waals surface area contributed by atoms with Crippen LogP contribution in [0.1, 0.15) is 44.2 Å². The number of amides is 1. The number of likely N-dealkylation sites (tertiary alicyclic amines) is 2. The second-order valence-electron chi connectivity index (χ2n) is 6.71. The highest BCUT2D eigenvalue weighted by Crippen LogP contribution is 2.33. The molecule has 2 saturated heterocycles. The van der Waals surface area contributed by atoms with E-state index in [1.165, 1.54) is 0 Å². The Labute approximate surface area is 148 Å². The minimum Gasteiger partial charge on any atom is -0.494 e. The van der Waals surface area contributed by atoms with Crippen LogP contribution in [-0.4, -0.2) is 59.1 Å². The van der Waals surface area contributed by atoms with E-state index < -0.39 is 12.0 Å². The fourth-order valence-electron chi connectivity index (χ4n) is 3.92. The van der Waals surface area contributed by atoms with E-state index in [9.17, 15) is 14.7 Å². The number of benzene rings is 1. The van der Waals surface area contributed by atoms with Gasteiger partial charge in [-0.25, -0.2) is 0 Å². The number of carbonyl (C=O) groups excluding carboxylic acids is 1. The Bertz CT molecular complexity index is 616. The van der Waals surface area contributed by atoms with Crippen molar-refractivity contribution in [2.24, 2.45) is 0 Å². The first-order chi connectivity index (χ1) is 12.1. The molecule has 0 saturated carbocycles. The van der Waals surface area contributed by atoms with Crippen LogP contribution in [-0.2, 0) is 9.59 Å². The number of hydrogen-bond donors (Lipinski definition) is 1. The monoisotopic (exact) mass is 346 g/mol. The second-order valence-corrected chi connectivity index (χ2v) is 6.71. The van der Waals surface area contributed by atoms with Crippen LogP contribution in [0.5, 0.6) is 5.75 Å². The fourth-order valence-corrected chi connectivity index (χ4v) is 3.92. The first-order valence-corrected chi connectivity index (χ1v) is 9.09. The zero-order valence-electron chi connectivity index (χ0n) is 14.7. The van der Waals surface area contributed by atoms with E-state index in [-0.39, 0.29) is 18.5 Å². The van der Waals surface area contributed by atoms with E-state index in [0.717, 1.165) is 37.1 Å².